The molecule has 3 aromatic rings. The minimum absolute atomic E-state index is 0.0421. The number of carboxylic acids is 1. The number of unbranched alkanes of at least 4 members (excludes halogenated alkanes) is 5. The van der Waals surface area contributed by atoms with Crippen molar-refractivity contribution in [2.45, 2.75) is 71.1 Å². The van der Waals surface area contributed by atoms with E-state index in [1.165, 1.54) is 37.8 Å². The van der Waals surface area contributed by atoms with Gasteiger partial charge in [-0.05, 0) is 41.8 Å². The number of alkyl halides is 3. The summed E-state index contributed by atoms with van der Waals surface area (Å²) in [7, 11) is 0. The summed E-state index contributed by atoms with van der Waals surface area (Å²) in [6, 6.07) is 11.2. The van der Waals surface area contributed by atoms with Crippen LogP contribution in [0, 0.1) is 0 Å². The summed E-state index contributed by atoms with van der Waals surface area (Å²) in [5.41, 5.74) is 0.878. The van der Waals surface area contributed by atoms with Crippen molar-refractivity contribution < 1.29 is 32.4 Å². The smallest absolute Gasteiger partial charge is 0.416 e. The van der Waals surface area contributed by atoms with Crippen molar-refractivity contribution in [2.24, 2.45) is 0 Å². The summed E-state index contributed by atoms with van der Waals surface area (Å²) in [5, 5.41) is 13.2. The highest BCUT2D eigenvalue weighted by Crippen LogP contribution is 2.29. The van der Waals surface area contributed by atoms with Gasteiger partial charge in [0.2, 0.25) is 0 Å². The molecule has 1 heterocycles. The number of carbonyl (C=O) groups is 2. The summed E-state index contributed by atoms with van der Waals surface area (Å²) >= 11 is 0. The van der Waals surface area contributed by atoms with Gasteiger partial charge in [-0.2, -0.15) is 18.2 Å². The van der Waals surface area contributed by atoms with Gasteiger partial charge < -0.3 is 14.5 Å². The van der Waals surface area contributed by atoms with Crippen LogP contribution >= 0.6 is 0 Å². The Hall–Kier alpha value is -3.69. The van der Waals surface area contributed by atoms with Gasteiger partial charge in [0.1, 0.15) is 0 Å². The van der Waals surface area contributed by atoms with Crippen molar-refractivity contribution in [3.8, 4) is 11.5 Å². The van der Waals surface area contributed by atoms with Gasteiger partial charge in [0, 0.05) is 25.1 Å². The number of carboxylic acid groups (broad SMARTS) is 1. The molecule has 0 atom stereocenters. The van der Waals surface area contributed by atoms with Gasteiger partial charge >= 0.3 is 18.1 Å². The molecule has 0 fully saturated rings. The van der Waals surface area contributed by atoms with Crippen LogP contribution in [0.4, 0.5) is 13.2 Å². The molecule has 1 aromatic heterocycles. The number of aliphatic carboxylic acids is 1. The lowest BCUT2D eigenvalue weighted by Crippen LogP contribution is -2.35. The average molecular weight is 518 g/mol. The number of hydrogen-bond acceptors (Lipinski definition) is 5. The van der Waals surface area contributed by atoms with Gasteiger partial charge in [-0.15, -0.1) is 0 Å². The Balaban J connectivity index is 1.62. The number of hydrogen-bond donors (Lipinski definition) is 1. The standard InChI is InChI=1S/C27H30F3N3O4/c1-2-3-4-5-6-7-8-23-31-24(37-32-23)21-13-9-19(10-14-21)17-33(25(34)26(35)36)18-20-11-15-22(16-12-20)27(28,29)30/h9-16H,2-8,17-18H2,1H3,(H,35,36). The normalized spacial score (nSPS) is 11.5. The molecule has 7 nitrogen and oxygen atoms in total. The molecular weight excluding hydrogens is 487 g/mol. The molecule has 0 aliphatic rings. The van der Waals surface area contributed by atoms with Gasteiger partial charge in [0.05, 0.1) is 5.56 Å². The first-order valence-electron chi connectivity index (χ1n) is 12.3. The topological polar surface area (TPSA) is 96.5 Å². The predicted octanol–water partition coefficient (Wildman–Crippen LogP) is 6.27. The zero-order valence-electron chi connectivity index (χ0n) is 20.6. The van der Waals surface area contributed by atoms with Crippen LogP contribution in [0.5, 0.6) is 0 Å². The number of rotatable bonds is 12. The monoisotopic (exact) mass is 517 g/mol. The van der Waals surface area contributed by atoms with E-state index in [4.69, 9.17) is 4.52 Å². The first-order chi connectivity index (χ1) is 17.7. The fourth-order valence-corrected chi connectivity index (χ4v) is 3.86. The van der Waals surface area contributed by atoms with E-state index < -0.39 is 23.6 Å². The number of amides is 1. The highest BCUT2D eigenvalue weighted by molar-refractivity contribution is 6.31. The van der Waals surface area contributed by atoms with Crippen LogP contribution < -0.4 is 0 Å². The van der Waals surface area contributed by atoms with E-state index >= 15 is 0 Å². The van der Waals surface area contributed by atoms with E-state index in [2.05, 4.69) is 17.1 Å². The van der Waals surface area contributed by atoms with Crippen molar-refractivity contribution in [3.05, 3.63) is 71.0 Å². The molecule has 37 heavy (non-hydrogen) atoms. The molecule has 1 amide bonds. The second-order valence-electron chi connectivity index (χ2n) is 8.89. The Labute approximate surface area is 213 Å². The van der Waals surface area contributed by atoms with Crippen LogP contribution in [0.3, 0.4) is 0 Å². The van der Waals surface area contributed by atoms with Gasteiger partial charge in [0.25, 0.3) is 5.89 Å². The molecule has 0 radical (unpaired) electrons. The van der Waals surface area contributed by atoms with Crippen molar-refractivity contribution in [2.75, 3.05) is 0 Å². The van der Waals surface area contributed by atoms with Crippen molar-refractivity contribution >= 4 is 11.9 Å². The van der Waals surface area contributed by atoms with Gasteiger partial charge in [-0.3, -0.25) is 4.79 Å². The van der Waals surface area contributed by atoms with Crippen molar-refractivity contribution in [1.82, 2.24) is 15.0 Å². The molecule has 1 N–H and O–H groups in total. The lowest BCUT2D eigenvalue weighted by molar-refractivity contribution is -0.156. The Morgan fingerprint density at radius 1 is 0.892 bits per heavy atom. The van der Waals surface area contributed by atoms with E-state index in [1.54, 1.807) is 24.3 Å². The van der Waals surface area contributed by atoms with E-state index in [-0.39, 0.29) is 13.1 Å². The molecule has 2 aromatic carbocycles. The highest BCUT2D eigenvalue weighted by atomic mass is 19.4. The van der Waals surface area contributed by atoms with Crippen LogP contribution in [0.1, 0.15) is 68.0 Å². The summed E-state index contributed by atoms with van der Waals surface area (Å²) in [5.74, 6) is -1.78. The van der Waals surface area contributed by atoms with Crippen LogP contribution in [0.15, 0.2) is 53.1 Å². The second kappa shape index (κ2) is 13.0. The first-order valence-corrected chi connectivity index (χ1v) is 12.3. The van der Waals surface area contributed by atoms with E-state index in [0.29, 0.717) is 28.4 Å². The van der Waals surface area contributed by atoms with E-state index in [1.807, 2.05) is 0 Å². The fourth-order valence-electron chi connectivity index (χ4n) is 3.86. The SMILES string of the molecule is CCCCCCCCc1noc(-c2ccc(CN(Cc3ccc(C(F)(F)F)cc3)C(=O)C(=O)O)cc2)n1. The van der Waals surface area contributed by atoms with E-state index in [9.17, 15) is 27.9 Å². The minimum Gasteiger partial charge on any atom is -0.474 e. The molecule has 198 valence electrons. The molecule has 10 heteroatoms. The Kier molecular flexibility index (Phi) is 9.82. The number of nitrogens with zero attached hydrogens (tertiary/aromatic N) is 3. The maximum atomic E-state index is 12.8. The summed E-state index contributed by atoms with van der Waals surface area (Å²) < 4.78 is 43.8. The largest absolute Gasteiger partial charge is 0.474 e. The van der Waals surface area contributed by atoms with Crippen LogP contribution in [0.25, 0.3) is 11.5 Å². The molecule has 0 unspecified atom stereocenters. The Morgan fingerprint density at radius 2 is 1.46 bits per heavy atom. The van der Waals surface area contributed by atoms with Gasteiger partial charge in [-0.1, -0.05) is 68.4 Å². The number of benzene rings is 2. The summed E-state index contributed by atoms with van der Waals surface area (Å²) in [6.07, 6.45) is 3.26. The third kappa shape index (κ3) is 8.44. The maximum Gasteiger partial charge on any atom is 0.416 e. The van der Waals surface area contributed by atoms with Crippen molar-refractivity contribution in [3.63, 3.8) is 0 Å². The Bertz CT molecular complexity index is 1160. The number of carbonyl (C=O) groups excluding carboxylic acids is 1. The van der Waals surface area contributed by atoms with Crippen LogP contribution in [-0.4, -0.2) is 32.0 Å². The second-order valence-corrected chi connectivity index (χ2v) is 8.89. The third-order valence-electron chi connectivity index (χ3n) is 5.92. The minimum atomic E-state index is -4.48. The lowest BCUT2D eigenvalue weighted by atomic mass is 10.1. The highest BCUT2D eigenvalue weighted by Gasteiger charge is 2.30. The number of halogens is 3. The van der Waals surface area contributed by atoms with Gasteiger partial charge in [-0.25, -0.2) is 4.79 Å². The predicted molar refractivity (Wildman–Crippen MR) is 130 cm³/mol. The average Bonchev–Trinajstić information content (AvgIpc) is 3.34. The zero-order valence-corrected chi connectivity index (χ0v) is 20.6. The molecule has 3 rings (SSSR count). The third-order valence-corrected chi connectivity index (χ3v) is 5.92. The molecule has 0 saturated carbocycles. The summed E-state index contributed by atoms with van der Waals surface area (Å²) in [4.78, 5) is 29.1. The Morgan fingerprint density at radius 3 is 2.03 bits per heavy atom. The van der Waals surface area contributed by atoms with Crippen LogP contribution in [0.2, 0.25) is 0 Å². The number of aryl methyl sites for hydroxylation is 1. The molecule has 0 saturated heterocycles. The number of aromatic nitrogens is 2. The zero-order chi connectivity index (χ0) is 26.8. The molecule has 0 aliphatic carbocycles. The first kappa shape index (κ1) is 27.9. The quantitative estimate of drug-likeness (QED) is 0.225. The summed E-state index contributed by atoms with van der Waals surface area (Å²) in [6.45, 7) is 1.98. The van der Waals surface area contributed by atoms with Crippen molar-refractivity contribution in [1.29, 1.82) is 0 Å². The molecule has 0 spiro atoms. The lowest BCUT2D eigenvalue weighted by Gasteiger charge is -2.21. The van der Waals surface area contributed by atoms with Gasteiger partial charge in [0.15, 0.2) is 5.82 Å². The fraction of sp³-hybridized carbons (Fsp3) is 0.407. The van der Waals surface area contributed by atoms with E-state index in [0.717, 1.165) is 36.3 Å². The molecule has 0 aliphatic heterocycles. The van der Waals surface area contributed by atoms with Crippen LogP contribution in [-0.2, 0) is 35.3 Å². The maximum absolute atomic E-state index is 12.8. The molecule has 0 bridgehead atoms. The molecular formula is C27H30F3N3O4.